The molecule has 0 heterocycles. The van der Waals surface area contributed by atoms with E-state index in [1.807, 2.05) is 30.3 Å². The number of nitrogens with two attached hydrogens (primary N) is 1. The van der Waals surface area contributed by atoms with E-state index in [2.05, 4.69) is 10.6 Å². The minimum atomic E-state index is -0.552. The van der Waals surface area contributed by atoms with E-state index in [4.69, 9.17) is 5.73 Å². The van der Waals surface area contributed by atoms with Gasteiger partial charge in [-0.15, -0.1) is 0 Å². The molecule has 14 nitrogen and oxygen atoms in total. The third kappa shape index (κ3) is 20.1. The first kappa shape index (κ1) is 39.4. The smallest absolute Gasteiger partial charge is 0.250 e. The van der Waals surface area contributed by atoms with Gasteiger partial charge in [0.25, 0.3) is 0 Å². The molecule has 0 aliphatic rings. The maximum Gasteiger partial charge on any atom is 0.250 e. The van der Waals surface area contributed by atoms with Crippen LogP contribution in [-0.4, -0.2) is 99.6 Å². The Kier molecular flexibility index (Phi) is 21.6. The van der Waals surface area contributed by atoms with Crippen LogP contribution in [-0.2, 0) is 30.4 Å². The van der Waals surface area contributed by atoms with E-state index in [9.17, 15) is 39.6 Å². The second-order valence-electron chi connectivity index (χ2n) is 10.9. The molecule has 0 saturated carbocycles. The van der Waals surface area contributed by atoms with Crippen molar-refractivity contribution in [3.8, 4) is 0 Å². The number of nitrogens with zero attached hydrogens (tertiary/aromatic N) is 3. The topological polar surface area (TPSA) is 206 Å². The number of benzene rings is 1. The van der Waals surface area contributed by atoms with Crippen LogP contribution < -0.4 is 16.4 Å². The number of unbranched alkanes of at least 4 members (excludes halogenated alkanes) is 6. The van der Waals surface area contributed by atoms with Crippen molar-refractivity contribution in [2.75, 3.05) is 39.3 Å². The Bertz CT molecular complexity index is 1010. The molecule has 0 aliphatic heterocycles. The molecule has 0 spiro atoms. The molecular weight excluding hydrogens is 584 g/mol. The van der Waals surface area contributed by atoms with Gasteiger partial charge in [0.2, 0.25) is 29.5 Å². The quantitative estimate of drug-likeness (QED) is 0.0527. The maximum absolute atomic E-state index is 12.1. The molecule has 0 radical (unpaired) electrons. The number of carbonyl (C=O) groups excluding carboxylic acids is 5. The summed E-state index contributed by atoms with van der Waals surface area (Å²) in [7, 11) is 0. The van der Waals surface area contributed by atoms with Gasteiger partial charge in [-0.2, -0.15) is 0 Å². The lowest BCUT2D eigenvalue weighted by Gasteiger charge is -2.15. The molecule has 1 aromatic rings. The second kappa shape index (κ2) is 24.7. The van der Waals surface area contributed by atoms with Gasteiger partial charge in [0, 0.05) is 58.4 Å². The van der Waals surface area contributed by atoms with E-state index < -0.39 is 11.8 Å². The molecule has 0 aromatic heterocycles. The van der Waals surface area contributed by atoms with Gasteiger partial charge in [0.05, 0.1) is 6.42 Å². The zero-order valence-corrected chi connectivity index (χ0v) is 26.3. The summed E-state index contributed by atoms with van der Waals surface area (Å²) in [6.07, 6.45) is 5.85. The predicted octanol–water partition coefficient (Wildman–Crippen LogP) is 2.14. The van der Waals surface area contributed by atoms with Gasteiger partial charge in [-0.3, -0.25) is 39.6 Å². The molecule has 1 rings (SSSR count). The van der Waals surface area contributed by atoms with Crippen LogP contribution in [0.2, 0.25) is 0 Å². The van der Waals surface area contributed by atoms with Crippen LogP contribution >= 0.6 is 0 Å². The van der Waals surface area contributed by atoms with Crippen LogP contribution in [0.15, 0.2) is 30.3 Å². The Morgan fingerprint density at radius 2 is 0.978 bits per heavy atom. The molecule has 0 unspecified atom stereocenters. The van der Waals surface area contributed by atoms with E-state index in [0.29, 0.717) is 74.7 Å². The Balaban J connectivity index is 2.01. The number of rotatable bonds is 25. The number of nitrogens with one attached hydrogen (secondary N) is 2. The van der Waals surface area contributed by atoms with Crippen molar-refractivity contribution >= 4 is 29.5 Å². The Hall–Kier alpha value is -3.59. The summed E-state index contributed by atoms with van der Waals surface area (Å²) in [5, 5.41) is 36.9. The van der Waals surface area contributed by atoms with E-state index in [0.717, 1.165) is 23.5 Å². The molecule has 45 heavy (non-hydrogen) atoms. The first-order valence-corrected chi connectivity index (χ1v) is 15.9. The molecule has 254 valence electrons. The second-order valence-corrected chi connectivity index (χ2v) is 10.9. The average Bonchev–Trinajstić information content (AvgIpc) is 3.03. The van der Waals surface area contributed by atoms with Crippen LogP contribution in [0.25, 0.3) is 0 Å². The van der Waals surface area contributed by atoms with Gasteiger partial charge in [0.1, 0.15) is 0 Å². The van der Waals surface area contributed by atoms with Crippen molar-refractivity contribution in [1.29, 1.82) is 0 Å². The zero-order chi connectivity index (χ0) is 33.3. The molecule has 0 fully saturated rings. The van der Waals surface area contributed by atoms with Crippen LogP contribution in [0.4, 0.5) is 0 Å². The monoisotopic (exact) mass is 636 g/mol. The first-order valence-electron chi connectivity index (χ1n) is 15.9. The van der Waals surface area contributed by atoms with Crippen molar-refractivity contribution in [3.05, 3.63) is 35.9 Å². The third-order valence-corrected chi connectivity index (χ3v) is 7.01. The van der Waals surface area contributed by atoms with E-state index >= 15 is 0 Å². The van der Waals surface area contributed by atoms with Crippen LogP contribution in [0.5, 0.6) is 0 Å². The van der Waals surface area contributed by atoms with Gasteiger partial charge in [-0.05, 0) is 63.5 Å². The van der Waals surface area contributed by atoms with E-state index in [1.165, 1.54) is 0 Å². The number of hydrogen-bond acceptors (Lipinski definition) is 9. The van der Waals surface area contributed by atoms with Crippen LogP contribution in [0.3, 0.4) is 0 Å². The Morgan fingerprint density at radius 1 is 0.556 bits per heavy atom. The Labute approximate surface area is 265 Å². The first-order chi connectivity index (χ1) is 21.6. The summed E-state index contributed by atoms with van der Waals surface area (Å²) >= 11 is 0. The highest BCUT2D eigenvalue weighted by Crippen LogP contribution is 2.05. The third-order valence-electron chi connectivity index (χ3n) is 7.01. The minimum absolute atomic E-state index is 0.0224. The van der Waals surface area contributed by atoms with Crippen LogP contribution in [0.1, 0.15) is 89.0 Å². The van der Waals surface area contributed by atoms with Gasteiger partial charge in [-0.1, -0.05) is 36.8 Å². The van der Waals surface area contributed by atoms with Crippen molar-refractivity contribution in [2.45, 2.75) is 89.9 Å². The fourth-order valence-electron chi connectivity index (χ4n) is 4.28. The molecule has 0 bridgehead atoms. The lowest BCUT2D eigenvalue weighted by molar-refractivity contribution is -0.166. The fraction of sp³-hybridized carbons (Fsp3) is 0.645. The molecule has 5 amide bonds. The summed E-state index contributed by atoms with van der Waals surface area (Å²) in [6.45, 7) is 1.89. The van der Waals surface area contributed by atoms with Crippen molar-refractivity contribution in [3.63, 3.8) is 0 Å². The van der Waals surface area contributed by atoms with Gasteiger partial charge in [-0.25, -0.2) is 15.2 Å². The van der Waals surface area contributed by atoms with E-state index in [1.54, 1.807) is 0 Å². The fourth-order valence-corrected chi connectivity index (χ4v) is 4.28. The summed E-state index contributed by atoms with van der Waals surface area (Å²) in [6, 6.07) is 9.17. The molecule has 0 atom stereocenters. The summed E-state index contributed by atoms with van der Waals surface area (Å²) in [4.78, 5) is 59.9. The van der Waals surface area contributed by atoms with Gasteiger partial charge in [0.15, 0.2) is 0 Å². The number of amides is 5. The zero-order valence-electron chi connectivity index (χ0n) is 26.3. The average molecular weight is 637 g/mol. The van der Waals surface area contributed by atoms with Crippen molar-refractivity contribution < 1.29 is 39.6 Å². The molecule has 14 heteroatoms. The number of hydrogen-bond donors (Lipinski definition) is 6. The molecule has 0 aliphatic carbocycles. The summed E-state index contributed by atoms with van der Waals surface area (Å²) in [5.41, 5.74) is 6.23. The van der Waals surface area contributed by atoms with Crippen molar-refractivity contribution in [1.82, 2.24) is 25.8 Å². The maximum atomic E-state index is 12.1. The number of carbonyl (C=O) groups is 5. The van der Waals surface area contributed by atoms with Crippen molar-refractivity contribution in [2.24, 2.45) is 5.73 Å². The summed E-state index contributed by atoms with van der Waals surface area (Å²) < 4.78 is 0. The largest absolute Gasteiger partial charge is 0.356 e. The Morgan fingerprint density at radius 3 is 1.42 bits per heavy atom. The van der Waals surface area contributed by atoms with Gasteiger partial charge < -0.3 is 16.4 Å². The van der Waals surface area contributed by atoms with Gasteiger partial charge >= 0.3 is 0 Å². The highest BCUT2D eigenvalue weighted by molar-refractivity contribution is 5.83. The number of hydroxylamine groups is 6. The molecule has 0 saturated heterocycles. The molecule has 1 aromatic carbocycles. The van der Waals surface area contributed by atoms with Crippen LogP contribution in [0, 0.1) is 0 Å². The summed E-state index contributed by atoms with van der Waals surface area (Å²) in [5.74, 6) is -2.02. The normalized spacial score (nSPS) is 10.7. The molecular formula is C31H52N6O8. The minimum Gasteiger partial charge on any atom is -0.356 e. The standard InChI is InChI=1S/C31H52N6O8/c32-19-7-2-10-22-35(43)29(40)17-15-27(38)33-20-8-3-11-23-36(44)30(41)18-16-28(39)34-21-9-4-12-24-37(45)31(42)25-26-13-5-1-6-14-26/h1,5-6,13-14,43-45H,2-4,7-12,15-25,32H2,(H,33,38)(H,34,39). The highest BCUT2D eigenvalue weighted by atomic mass is 16.5. The molecule has 7 N–H and O–H groups in total. The predicted molar refractivity (Wildman–Crippen MR) is 166 cm³/mol. The highest BCUT2D eigenvalue weighted by Gasteiger charge is 2.15. The van der Waals surface area contributed by atoms with E-state index in [-0.39, 0.29) is 69.5 Å². The lowest BCUT2D eigenvalue weighted by atomic mass is 10.1. The lowest BCUT2D eigenvalue weighted by Crippen LogP contribution is -2.31. The SMILES string of the molecule is NCCCCCN(O)C(=O)CCC(=O)NCCCCCN(O)C(=O)CCC(=O)NCCCCCN(O)C(=O)Cc1ccccc1.